The second-order valence-corrected chi connectivity index (χ2v) is 6.67. The molecule has 0 spiro atoms. The van der Waals surface area contributed by atoms with Crippen molar-refractivity contribution in [2.45, 2.75) is 45.7 Å². The van der Waals surface area contributed by atoms with Crippen molar-refractivity contribution in [3.63, 3.8) is 0 Å². The Morgan fingerprint density at radius 3 is 2.82 bits per heavy atom. The van der Waals surface area contributed by atoms with Crippen molar-refractivity contribution < 1.29 is 0 Å². The summed E-state index contributed by atoms with van der Waals surface area (Å²) in [5.74, 6) is 0. The first kappa shape index (κ1) is 12.9. The van der Waals surface area contributed by atoms with Crippen molar-refractivity contribution >= 4 is 21.6 Å². The zero-order valence-corrected chi connectivity index (χ0v) is 12.2. The summed E-state index contributed by atoms with van der Waals surface area (Å²) >= 11 is 3.48. The molecule has 0 bridgehead atoms. The molecule has 1 aliphatic rings. The Morgan fingerprint density at radius 2 is 2.24 bits per heavy atom. The molecular formula is C14H21BrN2. The van der Waals surface area contributed by atoms with E-state index in [9.17, 15) is 0 Å². The predicted octanol–water partition coefficient (Wildman–Crippen LogP) is 3.90. The van der Waals surface area contributed by atoms with Gasteiger partial charge in [0, 0.05) is 22.7 Å². The van der Waals surface area contributed by atoms with Gasteiger partial charge in [0.05, 0.1) is 0 Å². The lowest BCUT2D eigenvalue weighted by Gasteiger charge is -2.20. The fraction of sp³-hybridized carbons (Fsp3) is 0.571. The first-order valence-corrected chi connectivity index (χ1v) is 7.04. The van der Waals surface area contributed by atoms with Crippen LogP contribution in [0.15, 0.2) is 22.7 Å². The molecule has 1 aliphatic carbocycles. The smallest absolute Gasteiger partial charge is 0.0388 e. The van der Waals surface area contributed by atoms with E-state index in [-0.39, 0.29) is 0 Å². The molecule has 1 aromatic carbocycles. The molecule has 1 atom stereocenters. The van der Waals surface area contributed by atoms with Gasteiger partial charge in [0.15, 0.2) is 0 Å². The highest BCUT2D eigenvalue weighted by atomic mass is 79.9. The van der Waals surface area contributed by atoms with Crippen LogP contribution >= 0.6 is 15.9 Å². The highest BCUT2D eigenvalue weighted by Gasteiger charge is 2.30. The van der Waals surface area contributed by atoms with Crippen molar-refractivity contribution in [2.75, 3.05) is 5.32 Å². The van der Waals surface area contributed by atoms with Crippen LogP contribution in [0.1, 0.15) is 38.7 Å². The normalized spacial score (nSPS) is 22.7. The first-order chi connectivity index (χ1) is 8.00. The molecule has 0 radical (unpaired) electrons. The lowest BCUT2D eigenvalue weighted by Crippen LogP contribution is -2.19. The number of nitrogens with one attached hydrogen (secondary N) is 1. The average molecular weight is 297 g/mol. The van der Waals surface area contributed by atoms with Crippen molar-refractivity contribution in [3.05, 3.63) is 28.2 Å². The van der Waals surface area contributed by atoms with E-state index in [0.29, 0.717) is 18.0 Å². The molecule has 0 heterocycles. The Hall–Kier alpha value is -0.540. The van der Waals surface area contributed by atoms with Gasteiger partial charge in [-0.1, -0.05) is 29.8 Å². The largest absolute Gasteiger partial charge is 0.382 e. The van der Waals surface area contributed by atoms with Gasteiger partial charge in [-0.05, 0) is 48.4 Å². The number of nitrogens with two attached hydrogens (primary N) is 1. The molecule has 17 heavy (non-hydrogen) atoms. The molecule has 0 aromatic heterocycles. The molecule has 1 fully saturated rings. The van der Waals surface area contributed by atoms with Crippen LogP contribution in [0.5, 0.6) is 0 Å². The van der Waals surface area contributed by atoms with Crippen LogP contribution in [-0.4, -0.2) is 6.04 Å². The molecule has 3 N–H and O–H groups in total. The molecule has 1 aromatic rings. The third kappa shape index (κ3) is 3.23. The van der Waals surface area contributed by atoms with Gasteiger partial charge in [0.25, 0.3) is 0 Å². The second-order valence-electron chi connectivity index (χ2n) is 5.75. The lowest BCUT2D eigenvalue weighted by molar-refractivity contribution is 0.378. The lowest BCUT2D eigenvalue weighted by atomic mass is 9.92. The monoisotopic (exact) mass is 296 g/mol. The maximum Gasteiger partial charge on any atom is 0.0388 e. The Morgan fingerprint density at radius 1 is 1.47 bits per heavy atom. The summed E-state index contributed by atoms with van der Waals surface area (Å²) in [6.07, 6.45) is 3.80. The number of rotatable bonds is 3. The standard InChI is InChI=1S/C14H21BrN2/c1-14(2)6-5-12(8-14)17-13-4-3-11(15)7-10(13)9-16/h3-4,7,12,17H,5-6,8-9,16H2,1-2H3. The molecule has 2 nitrogen and oxygen atoms in total. The Bertz CT molecular complexity index is 401. The molecule has 0 aliphatic heterocycles. The fourth-order valence-electron chi connectivity index (χ4n) is 2.65. The van der Waals surface area contributed by atoms with Gasteiger partial charge in [-0.2, -0.15) is 0 Å². The number of anilines is 1. The molecule has 94 valence electrons. The minimum atomic E-state index is 0.482. The molecular weight excluding hydrogens is 276 g/mol. The van der Waals surface area contributed by atoms with E-state index >= 15 is 0 Å². The molecule has 0 amide bonds. The van der Waals surface area contributed by atoms with E-state index in [1.807, 2.05) is 0 Å². The Labute approximate surface area is 112 Å². The topological polar surface area (TPSA) is 38.0 Å². The third-order valence-electron chi connectivity index (χ3n) is 3.62. The zero-order valence-electron chi connectivity index (χ0n) is 10.6. The van der Waals surface area contributed by atoms with Crippen molar-refractivity contribution in [1.29, 1.82) is 0 Å². The summed E-state index contributed by atoms with van der Waals surface area (Å²) in [5, 5.41) is 3.64. The number of benzene rings is 1. The van der Waals surface area contributed by atoms with Crippen molar-refractivity contribution in [3.8, 4) is 0 Å². The summed E-state index contributed by atoms with van der Waals surface area (Å²) in [6, 6.07) is 6.89. The van der Waals surface area contributed by atoms with E-state index in [2.05, 4.69) is 53.3 Å². The van der Waals surface area contributed by atoms with Crippen LogP contribution in [0.4, 0.5) is 5.69 Å². The molecule has 3 heteroatoms. The second kappa shape index (κ2) is 4.99. The van der Waals surface area contributed by atoms with Crippen LogP contribution in [-0.2, 0) is 6.54 Å². The first-order valence-electron chi connectivity index (χ1n) is 6.25. The minimum absolute atomic E-state index is 0.482. The maximum atomic E-state index is 5.79. The van der Waals surface area contributed by atoms with Gasteiger partial charge in [-0.3, -0.25) is 0 Å². The highest BCUT2D eigenvalue weighted by molar-refractivity contribution is 9.10. The zero-order chi connectivity index (χ0) is 12.5. The number of hydrogen-bond acceptors (Lipinski definition) is 2. The van der Waals surface area contributed by atoms with Crippen molar-refractivity contribution in [2.24, 2.45) is 11.1 Å². The maximum absolute atomic E-state index is 5.79. The van der Waals surface area contributed by atoms with E-state index in [1.54, 1.807) is 0 Å². The summed E-state index contributed by atoms with van der Waals surface area (Å²) in [6.45, 7) is 5.28. The molecule has 2 rings (SSSR count). The van der Waals surface area contributed by atoms with Crippen LogP contribution in [0.2, 0.25) is 0 Å². The third-order valence-corrected chi connectivity index (χ3v) is 4.11. The highest BCUT2D eigenvalue weighted by Crippen LogP contribution is 2.38. The van der Waals surface area contributed by atoms with E-state index in [4.69, 9.17) is 5.73 Å². The number of halogens is 1. The minimum Gasteiger partial charge on any atom is -0.382 e. The molecule has 1 unspecified atom stereocenters. The quantitative estimate of drug-likeness (QED) is 0.888. The van der Waals surface area contributed by atoms with E-state index in [0.717, 1.165) is 4.47 Å². The van der Waals surface area contributed by atoms with Gasteiger partial charge < -0.3 is 11.1 Å². The van der Waals surface area contributed by atoms with E-state index < -0.39 is 0 Å². The summed E-state index contributed by atoms with van der Waals surface area (Å²) in [5.41, 5.74) is 8.65. The van der Waals surface area contributed by atoms with Gasteiger partial charge in [0.1, 0.15) is 0 Å². The average Bonchev–Trinajstić information content (AvgIpc) is 2.61. The van der Waals surface area contributed by atoms with Gasteiger partial charge in [-0.25, -0.2) is 0 Å². The van der Waals surface area contributed by atoms with Crippen LogP contribution in [0.25, 0.3) is 0 Å². The Balaban J connectivity index is 2.09. The predicted molar refractivity (Wildman–Crippen MR) is 77.1 cm³/mol. The van der Waals surface area contributed by atoms with E-state index in [1.165, 1.54) is 30.5 Å². The SMILES string of the molecule is CC1(C)CCC(Nc2ccc(Br)cc2CN)C1. The van der Waals surface area contributed by atoms with Crippen molar-refractivity contribution in [1.82, 2.24) is 0 Å². The summed E-state index contributed by atoms with van der Waals surface area (Å²) in [4.78, 5) is 0. The van der Waals surface area contributed by atoms with Crippen LogP contribution in [0, 0.1) is 5.41 Å². The van der Waals surface area contributed by atoms with Gasteiger partial charge in [-0.15, -0.1) is 0 Å². The van der Waals surface area contributed by atoms with Gasteiger partial charge >= 0.3 is 0 Å². The molecule has 0 saturated heterocycles. The fourth-order valence-corrected chi connectivity index (χ4v) is 3.06. The number of hydrogen-bond donors (Lipinski definition) is 2. The van der Waals surface area contributed by atoms with Crippen LogP contribution in [0.3, 0.4) is 0 Å². The molecule has 1 saturated carbocycles. The Kier molecular flexibility index (Phi) is 3.79. The summed E-state index contributed by atoms with van der Waals surface area (Å²) in [7, 11) is 0. The summed E-state index contributed by atoms with van der Waals surface area (Å²) < 4.78 is 1.09. The van der Waals surface area contributed by atoms with Crippen LogP contribution < -0.4 is 11.1 Å². The van der Waals surface area contributed by atoms with Gasteiger partial charge in [0.2, 0.25) is 0 Å².